The van der Waals surface area contributed by atoms with Crippen molar-refractivity contribution in [2.45, 2.75) is 13.1 Å². The van der Waals surface area contributed by atoms with Crippen LogP contribution < -0.4 is 14.9 Å². The quantitative estimate of drug-likeness (QED) is 0.799. The van der Waals surface area contributed by atoms with Crippen molar-refractivity contribution in [1.82, 2.24) is 5.32 Å². The first kappa shape index (κ1) is 21.2. The van der Waals surface area contributed by atoms with Crippen LogP contribution in [0.5, 0.6) is 0 Å². The van der Waals surface area contributed by atoms with Crippen LogP contribution in [0.25, 0.3) is 0 Å². The predicted molar refractivity (Wildman–Crippen MR) is 97.5 cm³/mol. The molecule has 2 rings (SSSR count). The summed E-state index contributed by atoms with van der Waals surface area (Å²) in [4.78, 5) is 24.3. The molecule has 0 saturated carbocycles. The van der Waals surface area contributed by atoms with Gasteiger partial charge in [-0.3, -0.25) is 5.32 Å². The summed E-state index contributed by atoms with van der Waals surface area (Å²) in [7, 11) is -4.08. The van der Waals surface area contributed by atoms with Crippen LogP contribution in [0.2, 0.25) is 0 Å². The number of benzene rings is 2. The minimum Gasteiger partial charge on any atom is -0.308 e. The number of anilines is 2. The molecule has 4 amide bonds. The van der Waals surface area contributed by atoms with E-state index in [4.69, 9.17) is 0 Å². The average Bonchev–Trinajstić information content (AvgIpc) is 2.55. The Kier molecular flexibility index (Phi) is 5.98. The highest BCUT2D eigenvalue weighted by Gasteiger charge is 2.31. The molecular formula is C17H16F3N3O4S. The third-order valence-electron chi connectivity index (χ3n) is 3.45. The Balaban J connectivity index is 2.17. The number of halogens is 3. The summed E-state index contributed by atoms with van der Waals surface area (Å²) in [6.45, 7) is 1.76. The van der Waals surface area contributed by atoms with Crippen molar-refractivity contribution < 1.29 is 31.2 Å². The van der Waals surface area contributed by atoms with Crippen molar-refractivity contribution in [2.75, 3.05) is 15.9 Å². The maximum atomic E-state index is 12.7. The van der Waals surface area contributed by atoms with Gasteiger partial charge in [0.05, 0.1) is 17.5 Å². The summed E-state index contributed by atoms with van der Waals surface area (Å²) in [5, 5.41) is 3.84. The molecular weight excluding hydrogens is 399 g/mol. The molecule has 0 atom stereocenters. The zero-order valence-electron chi connectivity index (χ0n) is 14.7. The highest BCUT2D eigenvalue weighted by Crippen LogP contribution is 2.30. The summed E-state index contributed by atoms with van der Waals surface area (Å²) in [5.74, 6) is 0. The number of carbonyl (C=O) groups is 2. The zero-order chi connectivity index (χ0) is 21.1. The number of nitrogens with one attached hydrogen (secondary N) is 2. The Morgan fingerprint density at radius 1 is 1.04 bits per heavy atom. The van der Waals surface area contributed by atoms with Crippen molar-refractivity contribution >= 4 is 33.5 Å². The Labute approximate surface area is 159 Å². The van der Waals surface area contributed by atoms with Crippen molar-refractivity contribution in [3.05, 3.63) is 59.7 Å². The van der Waals surface area contributed by atoms with E-state index in [0.717, 1.165) is 24.0 Å². The lowest BCUT2D eigenvalue weighted by molar-refractivity contribution is -0.137. The molecule has 0 aliphatic rings. The SMILES string of the molecule is Cc1ccc(N(C(=O)NC(=O)Nc2cccc(C(F)(F)F)c2)S(C)(=O)=O)cc1. The molecule has 0 radical (unpaired) electrons. The number of nitrogens with zero attached hydrogens (tertiary/aromatic N) is 1. The van der Waals surface area contributed by atoms with E-state index in [0.29, 0.717) is 10.4 Å². The van der Waals surface area contributed by atoms with Crippen molar-refractivity contribution in [1.29, 1.82) is 0 Å². The van der Waals surface area contributed by atoms with Gasteiger partial charge in [-0.25, -0.2) is 18.0 Å². The molecule has 150 valence electrons. The van der Waals surface area contributed by atoms with Crippen LogP contribution in [0.3, 0.4) is 0 Å². The van der Waals surface area contributed by atoms with E-state index in [-0.39, 0.29) is 11.4 Å². The topological polar surface area (TPSA) is 95.6 Å². The molecule has 0 unspecified atom stereocenters. The minimum atomic E-state index is -4.61. The zero-order valence-corrected chi connectivity index (χ0v) is 15.6. The van der Waals surface area contributed by atoms with Gasteiger partial charge in [0.15, 0.2) is 0 Å². The molecule has 0 saturated heterocycles. The summed E-state index contributed by atoms with van der Waals surface area (Å²) < 4.78 is 62.4. The van der Waals surface area contributed by atoms with Gasteiger partial charge in [0.1, 0.15) is 0 Å². The smallest absolute Gasteiger partial charge is 0.308 e. The molecule has 0 heterocycles. The number of rotatable bonds is 3. The second kappa shape index (κ2) is 7.89. The third-order valence-corrected chi connectivity index (χ3v) is 4.49. The second-order valence-electron chi connectivity index (χ2n) is 5.83. The van der Waals surface area contributed by atoms with E-state index in [1.807, 2.05) is 0 Å². The van der Waals surface area contributed by atoms with E-state index < -0.39 is 33.8 Å². The summed E-state index contributed by atoms with van der Waals surface area (Å²) in [6, 6.07) is 7.19. The lowest BCUT2D eigenvalue weighted by atomic mass is 10.2. The van der Waals surface area contributed by atoms with Gasteiger partial charge in [-0.15, -0.1) is 0 Å². The Morgan fingerprint density at radius 3 is 2.18 bits per heavy atom. The van der Waals surface area contributed by atoms with Gasteiger partial charge in [-0.2, -0.15) is 17.5 Å². The van der Waals surface area contributed by atoms with Crippen LogP contribution >= 0.6 is 0 Å². The first-order valence-electron chi connectivity index (χ1n) is 7.74. The van der Waals surface area contributed by atoms with E-state index in [9.17, 15) is 31.2 Å². The fraction of sp³-hybridized carbons (Fsp3) is 0.176. The van der Waals surface area contributed by atoms with E-state index >= 15 is 0 Å². The van der Waals surface area contributed by atoms with Gasteiger partial charge >= 0.3 is 18.2 Å². The highest BCUT2D eigenvalue weighted by molar-refractivity contribution is 7.92. The average molecular weight is 415 g/mol. The van der Waals surface area contributed by atoms with Gasteiger partial charge in [0.2, 0.25) is 10.0 Å². The number of hydrogen-bond acceptors (Lipinski definition) is 4. The maximum Gasteiger partial charge on any atom is 0.416 e. The molecule has 2 N–H and O–H groups in total. The molecule has 2 aromatic carbocycles. The largest absolute Gasteiger partial charge is 0.416 e. The third kappa shape index (κ3) is 5.46. The Bertz CT molecular complexity index is 989. The van der Waals surface area contributed by atoms with E-state index in [1.165, 1.54) is 18.2 Å². The summed E-state index contributed by atoms with van der Waals surface area (Å²) in [6.07, 6.45) is -3.83. The predicted octanol–water partition coefficient (Wildman–Crippen LogP) is 3.72. The molecule has 0 aliphatic heterocycles. The van der Waals surface area contributed by atoms with Crippen LogP contribution in [0.15, 0.2) is 48.5 Å². The number of urea groups is 2. The standard InChI is InChI=1S/C17H16F3N3O4S/c1-11-6-8-14(9-7-11)23(28(2,26)27)16(25)22-15(24)21-13-5-3-4-12(10-13)17(18,19)20/h3-10H,1-2H3,(H2,21,22,24,25). The number of alkyl halides is 3. The summed E-state index contributed by atoms with van der Waals surface area (Å²) >= 11 is 0. The Morgan fingerprint density at radius 2 is 1.64 bits per heavy atom. The minimum absolute atomic E-state index is 0.00234. The number of imide groups is 1. The molecule has 0 bridgehead atoms. The van der Waals surface area contributed by atoms with Crippen LogP contribution in [0.1, 0.15) is 11.1 Å². The van der Waals surface area contributed by atoms with Gasteiger partial charge < -0.3 is 5.32 Å². The number of aryl methyl sites for hydroxylation is 1. The molecule has 28 heavy (non-hydrogen) atoms. The lowest BCUT2D eigenvalue weighted by Crippen LogP contribution is -2.47. The van der Waals surface area contributed by atoms with Crippen molar-refractivity contribution in [3.63, 3.8) is 0 Å². The lowest BCUT2D eigenvalue weighted by Gasteiger charge is -2.20. The van der Waals surface area contributed by atoms with Gasteiger partial charge in [-0.05, 0) is 37.3 Å². The van der Waals surface area contributed by atoms with Gasteiger partial charge in [0.25, 0.3) is 0 Å². The van der Waals surface area contributed by atoms with Gasteiger partial charge in [-0.1, -0.05) is 23.8 Å². The van der Waals surface area contributed by atoms with E-state index in [2.05, 4.69) is 5.32 Å². The van der Waals surface area contributed by atoms with Crippen LogP contribution in [0, 0.1) is 6.92 Å². The fourth-order valence-corrected chi connectivity index (χ4v) is 3.07. The normalized spacial score (nSPS) is 11.6. The number of carbonyl (C=O) groups excluding carboxylic acids is 2. The number of sulfonamides is 1. The number of hydrogen-bond donors (Lipinski definition) is 2. The fourth-order valence-electron chi connectivity index (χ4n) is 2.22. The molecule has 11 heteroatoms. The monoisotopic (exact) mass is 415 g/mol. The molecule has 0 aliphatic carbocycles. The van der Waals surface area contributed by atoms with Crippen LogP contribution in [-0.2, 0) is 16.2 Å². The van der Waals surface area contributed by atoms with Crippen molar-refractivity contribution in [3.8, 4) is 0 Å². The molecule has 0 spiro atoms. The first-order chi connectivity index (χ1) is 12.9. The van der Waals surface area contributed by atoms with Crippen LogP contribution in [0.4, 0.5) is 34.1 Å². The van der Waals surface area contributed by atoms with Gasteiger partial charge in [0, 0.05) is 5.69 Å². The molecule has 0 aromatic heterocycles. The summed E-state index contributed by atoms with van der Waals surface area (Å²) in [5.41, 5.74) is -0.396. The molecule has 7 nitrogen and oxygen atoms in total. The number of amides is 4. The maximum absolute atomic E-state index is 12.7. The molecule has 0 fully saturated rings. The van der Waals surface area contributed by atoms with E-state index in [1.54, 1.807) is 24.4 Å². The van der Waals surface area contributed by atoms with Crippen LogP contribution in [-0.4, -0.2) is 26.7 Å². The Hall–Kier alpha value is -3.08. The molecule has 2 aromatic rings. The first-order valence-corrected chi connectivity index (χ1v) is 9.59. The van der Waals surface area contributed by atoms with Crippen molar-refractivity contribution in [2.24, 2.45) is 0 Å². The second-order valence-corrected chi connectivity index (χ2v) is 7.66. The highest BCUT2D eigenvalue weighted by atomic mass is 32.2.